The fraction of sp³-hybridized carbons (Fsp3) is 0.391. The molecule has 1 aliphatic carbocycles. The zero-order valence-electron chi connectivity index (χ0n) is 17.6. The van der Waals surface area contributed by atoms with Crippen molar-refractivity contribution in [3.63, 3.8) is 0 Å². The SMILES string of the molecule is COc1c([C@@H](CC(C)C)OC(C)=O)ccc2c1C(=O)[C@]1(O2)C(=O)C=C(C)C=C1C=O. The first kappa shape index (κ1) is 21.5. The molecule has 2 aliphatic rings. The summed E-state index contributed by atoms with van der Waals surface area (Å²) in [4.78, 5) is 49.7. The maximum atomic E-state index is 13.5. The van der Waals surface area contributed by atoms with E-state index in [0.29, 0.717) is 23.8 Å². The lowest BCUT2D eigenvalue weighted by Crippen LogP contribution is -2.51. The molecule has 7 heteroatoms. The number of carbonyl (C=O) groups is 4. The number of benzene rings is 1. The molecule has 1 aromatic rings. The lowest BCUT2D eigenvalue weighted by molar-refractivity contribution is -0.147. The van der Waals surface area contributed by atoms with Crippen LogP contribution in [0.5, 0.6) is 11.5 Å². The molecule has 158 valence electrons. The number of ether oxygens (including phenoxy) is 3. The van der Waals surface area contributed by atoms with Gasteiger partial charge in [-0.15, -0.1) is 0 Å². The van der Waals surface area contributed by atoms with Crippen LogP contribution in [0.4, 0.5) is 0 Å². The molecule has 0 fully saturated rings. The minimum atomic E-state index is -2.05. The zero-order valence-corrected chi connectivity index (χ0v) is 17.6. The minimum Gasteiger partial charge on any atom is -0.495 e. The summed E-state index contributed by atoms with van der Waals surface area (Å²) in [5.41, 5.74) is -0.994. The van der Waals surface area contributed by atoms with Crippen molar-refractivity contribution in [2.75, 3.05) is 7.11 Å². The molecule has 1 heterocycles. The second-order valence-corrected chi connectivity index (χ2v) is 7.87. The maximum Gasteiger partial charge on any atom is 0.303 e. The van der Waals surface area contributed by atoms with Gasteiger partial charge in [0.05, 0.1) is 12.7 Å². The monoisotopic (exact) mass is 412 g/mol. The lowest BCUT2D eigenvalue weighted by Gasteiger charge is -2.27. The highest BCUT2D eigenvalue weighted by molar-refractivity contribution is 6.30. The van der Waals surface area contributed by atoms with Crippen LogP contribution in [0.2, 0.25) is 0 Å². The van der Waals surface area contributed by atoms with Gasteiger partial charge in [0.25, 0.3) is 5.60 Å². The van der Waals surface area contributed by atoms with Crippen LogP contribution in [0, 0.1) is 5.92 Å². The normalized spacial score (nSPS) is 21.0. The van der Waals surface area contributed by atoms with Crippen LogP contribution in [0.1, 0.15) is 56.1 Å². The molecule has 1 spiro atoms. The Labute approximate surface area is 174 Å². The van der Waals surface area contributed by atoms with Gasteiger partial charge in [-0.25, -0.2) is 0 Å². The summed E-state index contributed by atoms with van der Waals surface area (Å²) < 4.78 is 16.8. The van der Waals surface area contributed by atoms with Crippen molar-refractivity contribution < 1.29 is 33.4 Å². The van der Waals surface area contributed by atoms with E-state index in [-0.39, 0.29) is 28.6 Å². The highest BCUT2D eigenvalue weighted by Gasteiger charge is 2.58. The van der Waals surface area contributed by atoms with Crippen LogP contribution >= 0.6 is 0 Å². The van der Waals surface area contributed by atoms with Crippen molar-refractivity contribution in [2.45, 2.75) is 45.8 Å². The molecule has 0 amide bonds. The molecule has 0 unspecified atom stereocenters. The molecule has 0 bridgehead atoms. The molecular formula is C23H24O7. The summed E-state index contributed by atoms with van der Waals surface area (Å²) in [7, 11) is 1.39. The third-order valence-corrected chi connectivity index (χ3v) is 5.13. The van der Waals surface area contributed by atoms with Crippen molar-refractivity contribution >= 4 is 23.8 Å². The summed E-state index contributed by atoms with van der Waals surface area (Å²) in [6, 6.07) is 3.19. The summed E-state index contributed by atoms with van der Waals surface area (Å²) >= 11 is 0. The molecule has 2 atom stereocenters. The summed E-state index contributed by atoms with van der Waals surface area (Å²) in [5.74, 6) is -1.24. The summed E-state index contributed by atoms with van der Waals surface area (Å²) in [6.45, 7) is 6.94. The second-order valence-electron chi connectivity index (χ2n) is 7.87. The smallest absolute Gasteiger partial charge is 0.303 e. The average Bonchev–Trinajstić information content (AvgIpc) is 2.96. The third kappa shape index (κ3) is 3.34. The Morgan fingerprint density at radius 1 is 1.23 bits per heavy atom. The van der Waals surface area contributed by atoms with E-state index in [1.54, 1.807) is 13.0 Å². The number of fused-ring (bicyclic) bond motifs is 1. The molecule has 7 nitrogen and oxygen atoms in total. The van der Waals surface area contributed by atoms with Gasteiger partial charge >= 0.3 is 5.97 Å². The number of esters is 1. The minimum absolute atomic E-state index is 0.0592. The van der Waals surface area contributed by atoms with E-state index in [2.05, 4.69) is 0 Å². The van der Waals surface area contributed by atoms with E-state index < -0.39 is 29.2 Å². The highest BCUT2D eigenvalue weighted by Crippen LogP contribution is 2.48. The molecule has 0 saturated heterocycles. The Hall–Kier alpha value is -3.22. The Balaban J connectivity index is 2.16. The van der Waals surface area contributed by atoms with Gasteiger partial charge in [-0.1, -0.05) is 13.8 Å². The van der Waals surface area contributed by atoms with E-state index >= 15 is 0 Å². The van der Waals surface area contributed by atoms with Crippen molar-refractivity contribution in [3.8, 4) is 11.5 Å². The van der Waals surface area contributed by atoms with Gasteiger partial charge in [-0.05, 0) is 49.1 Å². The van der Waals surface area contributed by atoms with Crippen LogP contribution in [-0.4, -0.2) is 36.5 Å². The van der Waals surface area contributed by atoms with Crippen LogP contribution in [-0.2, 0) is 19.1 Å². The number of hydrogen-bond acceptors (Lipinski definition) is 7. The van der Waals surface area contributed by atoms with Crippen LogP contribution in [0.15, 0.2) is 35.4 Å². The number of aldehydes is 1. The van der Waals surface area contributed by atoms with Crippen molar-refractivity contribution in [2.24, 2.45) is 5.92 Å². The number of rotatable bonds is 6. The highest BCUT2D eigenvalue weighted by atomic mass is 16.5. The Morgan fingerprint density at radius 2 is 1.93 bits per heavy atom. The number of ketones is 2. The lowest BCUT2D eigenvalue weighted by atomic mass is 9.79. The van der Waals surface area contributed by atoms with Crippen molar-refractivity contribution in [1.29, 1.82) is 0 Å². The summed E-state index contributed by atoms with van der Waals surface area (Å²) in [6.07, 6.45) is 3.08. The first-order valence-corrected chi connectivity index (χ1v) is 9.67. The van der Waals surface area contributed by atoms with Gasteiger partial charge in [0.1, 0.15) is 23.2 Å². The fourth-order valence-electron chi connectivity index (χ4n) is 3.92. The van der Waals surface area contributed by atoms with Crippen LogP contribution in [0.25, 0.3) is 0 Å². The third-order valence-electron chi connectivity index (χ3n) is 5.13. The number of allylic oxidation sites excluding steroid dienone is 2. The molecule has 1 aromatic carbocycles. The standard InChI is InChI=1S/C23H24O7/c1-12(2)8-18(29-14(4)25)16-6-7-17-20(21(16)28-5)22(27)23(30-17)15(11-24)9-13(3)10-19(23)26/h6-7,9-12,18H,8H2,1-5H3/t18-,23-/m1/s1. The van der Waals surface area contributed by atoms with Gasteiger partial charge < -0.3 is 14.2 Å². The molecule has 0 radical (unpaired) electrons. The average molecular weight is 412 g/mol. The molecule has 0 aromatic heterocycles. The van der Waals surface area contributed by atoms with Gasteiger partial charge in [0.2, 0.25) is 11.6 Å². The number of hydrogen-bond donors (Lipinski definition) is 0. The van der Waals surface area contributed by atoms with E-state index in [0.717, 1.165) is 0 Å². The van der Waals surface area contributed by atoms with Crippen LogP contribution in [0.3, 0.4) is 0 Å². The quantitative estimate of drug-likeness (QED) is 0.402. The Kier molecular flexibility index (Phi) is 5.65. The van der Waals surface area contributed by atoms with E-state index in [1.165, 1.54) is 32.3 Å². The van der Waals surface area contributed by atoms with E-state index in [9.17, 15) is 19.2 Å². The van der Waals surface area contributed by atoms with Crippen LogP contribution < -0.4 is 9.47 Å². The maximum absolute atomic E-state index is 13.5. The molecule has 0 N–H and O–H groups in total. The van der Waals surface area contributed by atoms with Gasteiger partial charge in [-0.3, -0.25) is 19.2 Å². The topological polar surface area (TPSA) is 96.0 Å². The summed E-state index contributed by atoms with van der Waals surface area (Å²) in [5, 5.41) is 0. The van der Waals surface area contributed by atoms with E-state index in [1.807, 2.05) is 13.8 Å². The Bertz CT molecular complexity index is 999. The largest absolute Gasteiger partial charge is 0.495 e. The fourth-order valence-corrected chi connectivity index (χ4v) is 3.92. The van der Waals surface area contributed by atoms with Gasteiger partial charge in [-0.2, -0.15) is 0 Å². The van der Waals surface area contributed by atoms with Gasteiger partial charge in [0.15, 0.2) is 6.29 Å². The predicted molar refractivity (Wildman–Crippen MR) is 108 cm³/mol. The molecular weight excluding hydrogens is 388 g/mol. The molecule has 30 heavy (non-hydrogen) atoms. The molecule has 0 saturated carbocycles. The number of carbonyl (C=O) groups excluding carboxylic acids is 4. The number of Topliss-reactive ketones (excluding diaryl/α,β-unsaturated/α-hetero) is 1. The predicted octanol–water partition coefficient (Wildman–Crippen LogP) is 3.31. The Morgan fingerprint density at radius 3 is 2.50 bits per heavy atom. The van der Waals surface area contributed by atoms with Gasteiger partial charge in [0, 0.05) is 12.5 Å². The zero-order chi connectivity index (χ0) is 22.2. The number of methoxy groups -OCH3 is 1. The second kappa shape index (κ2) is 7.89. The molecule has 3 rings (SSSR count). The first-order chi connectivity index (χ1) is 14.1. The molecule has 1 aliphatic heterocycles. The first-order valence-electron chi connectivity index (χ1n) is 9.67. The van der Waals surface area contributed by atoms with Crippen molar-refractivity contribution in [1.82, 2.24) is 0 Å². The van der Waals surface area contributed by atoms with Crippen molar-refractivity contribution in [3.05, 3.63) is 46.6 Å². The van der Waals surface area contributed by atoms with E-state index in [4.69, 9.17) is 14.2 Å².